The summed E-state index contributed by atoms with van der Waals surface area (Å²) in [5, 5.41) is 17.7. The highest BCUT2D eigenvalue weighted by Crippen LogP contribution is 2.21. The second-order valence-corrected chi connectivity index (χ2v) is 4.96. The first-order chi connectivity index (χ1) is 6.58. The molecule has 0 bridgehead atoms. The van der Waals surface area contributed by atoms with E-state index < -0.39 is 28.1 Å². The van der Waals surface area contributed by atoms with Crippen molar-refractivity contribution in [3.63, 3.8) is 0 Å². The lowest BCUT2D eigenvalue weighted by atomic mass is 9.83. The fourth-order valence-corrected chi connectivity index (χ4v) is 1.05. The largest absolute Gasteiger partial charge is 0.397 e. The van der Waals surface area contributed by atoms with Gasteiger partial charge in [0.25, 0.3) is 0 Å². The molecule has 0 aromatic heterocycles. The molecule has 0 heterocycles. The minimum atomic E-state index is -4.60. The van der Waals surface area contributed by atoms with Crippen molar-refractivity contribution in [2.24, 2.45) is 0 Å². The van der Waals surface area contributed by atoms with E-state index in [1.807, 2.05) is 11.0 Å². The van der Waals surface area contributed by atoms with Crippen molar-refractivity contribution in [3.05, 3.63) is 0 Å². The summed E-state index contributed by atoms with van der Waals surface area (Å²) >= 11 is 0. The van der Waals surface area contributed by atoms with Crippen molar-refractivity contribution in [1.29, 1.82) is 0 Å². The summed E-state index contributed by atoms with van der Waals surface area (Å²) in [5.41, 5.74) is 1.30. The molecule has 0 saturated carbocycles. The second-order valence-electron chi connectivity index (χ2n) is 3.87. The lowest BCUT2D eigenvalue weighted by Gasteiger charge is -2.40. The monoisotopic (exact) mass is 244 g/mol. The van der Waals surface area contributed by atoms with Crippen LogP contribution in [0.2, 0.25) is 0 Å². The molecule has 0 aliphatic rings. The molecule has 0 aromatic carbocycles. The quantitative estimate of drug-likeness (QED) is 0.306. The van der Waals surface area contributed by atoms with E-state index in [2.05, 4.69) is 4.18 Å². The van der Waals surface area contributed by atoms with Crippen LogP contribution in [0.3, 0.4) is 0 Å². The summed E-state index contributed by atoms with van der Waals surface area (Å²) in [7, 11) is -4.60. The van der Waals surface area contributed by atoms with Crippen LogP contribution in [0.4, 0.5) is 0 Å². The Bertz CT molecular complexity index is 303. The molecule has 0 spiro atoms. The van der Waals surface area contributed by atoms with Crippen LogP contribution in [0.15, 0.2) is 0 Å². The summed E-state index contributed by atoms with van der Waals surface area (Å²) in [6, 6.07) is 0. The van der Waals surface area contributed by atoms with Crippen LogP contribution in [0.5, 0.6) is 0 Å². The number of rotatable bonds is 6. The molecule has 0 amide bonds. The fourth-order valence-electron chi connectivity index (χ4n) is 0.668. The van der Waals surface area contributed by atoms with Crippen LogP contribution in [0.1, 0.15) is 20.8 Å². The maximum atomic E-state index is 10.4. The molecule has 1 atom stereocenters. The van der Waals surface area contributed by atoms with E-state index >= 15 is 0 Å². The summed E-state index contributed by atoms with van der Waals surface area (Å²) in [6.45, 7) is 3.80. The first kappa shape index (κ1) is 14.7. The lowest BCUT2D eigenvalue weighted by Crippen LogP contribution is -2.65. The van der Waals surface area contributed by atoms with Gasteiger partial charge in [0.2, 0.25) is 0 Å². The van der Waals surface area contributed by atoms with Crippen molar-refractivity contribution in [2.45, 2.75) is 31.8 Å². The molecular formula is C6H16N2O6S. The number of hydroxylamine groups is 2. The molecule has 9 heteroatoms. The van der Waals surface area contributed by atoms with Crippen molar-refractivity contribution >= 4 is 10.4 Å². The number of hydrogen-bond acceptors (Lipinski definition) is 7. The minimum Gasteiger partial charge on any atom is -0.316 e. The summed E-state index contributed by atoms with van der Waals surface area (Å²) < 4.78 is 33.2. The van der Waals surface area contributed by atoms with E-state index in [0.717, 1.165) is 0 Å². The van der Waals surface area contributed by atoms with Gasteiger partial charge in [-0.15, -0.1) is 0 Å². The predicted octanol–water partition coefficient (Wildman–Crippen LogP) is -0.699. The van der Waals surface area contributed by atoms with Crippen LogP contribution in [0.25, 0.3) is 0 Å². The van der Waals surface area contributed by atoms with Gasteiger partial charge >= 0.3 is 10.4 Å². The average molecular weight is 244 g/mol. The topological polar surface area (TPSA) is 128 Å². The van der Waals surface area contributed by atoms with Gasteiger partial charge in [-0.3, -0.25) is 4.55 Å². The third kappa shape index (κ3) is 3.99. The molecule has 8 nitrogen and oxygen atoms in total. The molecule has 5 N–H and O–H groups in total. The van der Waals surface area contributed by atoms with Gasteiger partial charge in [-0.25, -0.2) is 4.18 Å². The zero-order valence-electron chi connectivity index (χ0n) is 8.68. The maximum absolute atomic E-state index is 10.4. The minimum absolute atomic E-state index is 0.567. The SMILES string of the molecule is CC(C)(NO)C(C)(COS(=O)(=O)O)NO. The Hall–Kier alpha value is -0.290. The molecule has 92 valence electrons. The van der Waals surface area contributed by atoms with Gasteiger partial charge in [-0.1, -0.05) is 0 Å². The molecule has 0 aromatic rings. The van der Waals surface area contributed by atoms with Crippen LogP contribution in [-0.4, -0.2) is 41.1 Å². The van der Waals surface area contributed by atoms with E-state index in [-0.39, 0.29) is 0 Å². The Balaban J connectivity index is 4.73. The van der Waals surface area contributed by atoms with Crippen LogP contribution < -0.4 is 11.0 Å². The number of nitrogens with one attached hydrogen (secondary N) is 2. The summed E-state index contributed by atoms with van der Waals surface area (Å²) in [6.07, 6.45) is 0. The molecule has 0 radical (unpaired) electrons. The number of hydrogen-bond donors (Lipinski definition) is 5. The van der Waals surface area contributed by atoms with Crippen molar-refractivity contribution < 1.29 is 27.6 Å². The molecule has 15 heavy (non-hydrogen) atoms. The zero-order valence-corrected chi connectivity index (χ0v) is 9.50. The molecule has 0 fully saturated rings. The Morgan fingerprint density at radius 2 is 1.67 bits per heavy atom. The molecule has 0 rings (SSSR count). The van der Waals surface area contributed by atoms with E-state index in [1.165, 1.54) is 20.8 Å². The van der Waals surface area contributed by atoms with Gasteiger partial charge in [0.15, 0.2) is 0 Å². The Labute approximate surface area is 88.1 Å². The van der Waals surface area contributed by atoms with Crippen LogP contribution >= 0.6 is 0 Å². The van der Waals surface area contributed by atoms with Gasteiger partial charge < -0.3 is 10.4 Å². The van der Waals surface area contributed by atoms with E-state index in [0.29, 0.717) is 0 Å². The van der Waals surface area contributed by atoms with Crippen molar-refractivity contribution in [3.8, 4) is 0 Å². The normalized spacial score (nSPS) is 17.5. The first-order valence-corrected chi connectivity index (χ1v) is 5.39. The Morgan fingerprint density at radius 3 is 1.93 bits per heavy atom. The summed E-state index contributed by atoms with van der Waals surface area (Å²) in [5.74, 6) is 0. The van der Waals surface area contributed by atoms with Gasteiger partial charge in [-0.2, -0.15) is 19.4 Å². The first-order valence-electron chi connectivity index (χ1n) is 4.02. The smallest absolute Gasteiger partial charge is 0.316 e. The highest BCUT2D eigenvalue weighted by molar-refractivity contribution is 7.80. The van der Waals surface area contributed by atoms with Gasteiger partial charge in [0, 0.05) is 0 Å². The van der Waals surface area contributed by atoms with E-state index in [1.54, 1.807) is 0 Å². The van der Waals surface area contributed by atoms with Gasteiger partial charge in [-0.05, 0) is 20.8 Å². The van der Waals surface area contributed by atoms with Crippen LogP contribution in [0, 0.1) is 0 Å². The van der Waals surface area contributed by atoms with Gasteiger partial charge in [0.1, 0.15) is 0 Å². The lowest BCUT2D eigenvalue weighted by molar-refractivity contribution is -0.0562. The molecule has 0 saturated heterocycles. The third-order valence-electron chi connectivity index (χ3n) is 2.40. The van der Waals surface area contributed by atoms with Crippen LogP contribution in [-0.2, 0) is 14.6 Å². The molecule has 0 aliphatic carbocycles. The average Bonchev–Trinajstić information content (AvgIpc) is 2.12. The summed E-state index contributed by atoms with van der Waals surface area (Å²) in [4.78, 5) is 0. The van der Waals surface area contributed by atoms with Crippen molar-refractivity contribution in [1.82, 2.24) is 11.0 Å². The third-order valence-corrected chi connectivity index (χ3v) is 2.82. The molecule has 1 unspecified atom stereocenters. The Morgan fingerprint density at radius 1 is 1.20 bits per heavy atom. The zero-order chi connectivity index (χ0) is 12.3. The van der Waals surface area contributed by atoms with Gasteiger partial charge in [0.05, 0.1) is 17.7 Å². The molecule has 0 aliphatic heterocycles. The van der Waals surface area contributed by atoms with E-state index in [9.17, 15) is 8.42 Å². The second kappa shape index (κ2) is 4.70. The maximum Gasteiger partial charge on any atom is 0.397 e. The Kier molecular flexibility index (Phi) is 4.61. The molecular weight excluding hydrogens is 228 g/mol. The van der Waals surface area contributed by atoms with Crippen molar-refractivity contribution in [2.75, 3.05) is 6.61 Å². The standard InChI is InChI=1S/C6H16N2O6S/c1-5(2,7-9)6(3,8-10)4-14-15(11,12)13/h7-10H,4H2,1-3H3,(H,11,12,13). The highest BCUT2D eigenvalue weighted by atomic mass is 32.3. The fraction of sp³-hybridized carbons (Fsp3) is 1.00. The predicted molar refractivity (Wildman–Crippen MR) is 49.8 cm³/mol. The van der Waals surface area contributed by atoms with E-state index in [4.69, 9.17) is 15.0 Å². The highest BCUT2D eigenvalue weighted by Gasteiger charge is 2.42.